The third-order valence-corrected chi connectivity index (χ3v) is 3.53. The van der Waals surface area contributed by atoms with E-state index in [1.54, 1.807) is 22.9 Å². The van der Waals surface area contributed by atoms with Crippen LogP contribution in [0.15, 0.2) is 53.6 Å². The summed E-state index contributed by atoms with van der Waals surface area (Å²) in [5.41, 5.74) is -0.576. The normalized spacial score (nSPS) is 11.6. The topological polar surface area (TPSA) is 68.4 Å². The third-order valence-electron chi connectivity index (χ3n) is 3.53. The molecule has 0 aliphatic carbocycles. The smallest absolute Gasteiger partial charge is 0.350 e. The van der Waals surface area contributed by atoms with Gasteiger partial charge in [0.15, 0.2) is 5.69 Å². The van der Waals surface area contributed by atoms with E-state index in [-0.39, 0.29) is 19.0 Å². The van der Waals surface area contributed by atoms with Crippen LogP contribution >= 0.6 is 0 Å². The molecule has 3 aromatic heterocycles. The monoisotopic (exact) mass is 350 g/mol. The number of hydrogen-bond donors (Lipinski definition) is 1. The Kier molecular flexibility index (Phi) is 4.30. The van der Waals surface area contributed by atoms with Crippen molar-refractivity contribution in [2.45, 2.75) is 12.7 Å². The zero-order valence-corrected chi connectivity index (χ0v) is 12.8. The van der Waals surface area contributed by atoms with E-state index in [0.29, 0.717) is 16.3 Å². The van der Waals surface area contributed by atoms with E-state index in [1.807, 2.05) is 18.2 Å². The summed E-state index contributed by atoms with van der Waals surface area (Å²) in [6, 6.07) is 8.61. The summed E-state index contributed by atoms with van der Waals surface area (Å²) < 4.78 is 40.3. The van der Waals surface area contributed by atoms with Crippen LogP contribution in [0.3, 0.4) is 0 Å². The first kappa shape index (κ1) is 16.7. The van der Waals surface area contributed by atoms with Gasteiger partial charge in [-0.2, -0.15) is 18.3 Å². The van der Waals surface area contributed by atoms with Gasteiger partial charge in [-0.3, -0.25) is 9.59 Å². The molecule has 1 amide bonds. The minimum atomic E-state index is -4.63. The number of rotatable bonds is 4. The maximum Gasteiger partial charge on any atom is 0.435 e. The van der Waals surface area contributed by atoms with Crippen LogP contribution in [0.4, 0.5) is 13.2 Å². The largest absolute Gasteiger partial charge is 0.435 e. The van der Waals surface area contributed by atoms with Gasteiger partial charge < -0.3 is 9.72 Å². The van der Waals surface area contributed by atoms with Crippen LogP contribution in [0.5, 0.6) is 0 Å². The lowest BCUT2D eigenvalue weighted by Crippen LogP contribution is -2.32. The van der Waals surface area contributed by atoms with Gasteiger partial charge in [0.25, 0.3) is 11.5 Å². The maximum absolute atomic E-state index is 12.6. The molecule has 0 aromatic carbocycles. The van der Waals surface area contributed by atoms with Crippen LogP contribution in [0.2, 0.25) is 0 Å². The van der Waals surface area contributed by atoms with E-state index >= 15 is 0 Å². The Morgan fingerprint density at radius 1 is 1.20 bits per heavy atom. The lowest BCUT2D eigenvalue weighted by Gasteiger charge is -2.09. The zero-order valence-electron chi connectivity index (χ0n) is 12.8. The highest BCUT2D eigenvalue weighted by Gasteiger charge is 2.33. The number of aromatic nitrogens is 3. The highest BCUT2D eigenvalue weighted by molar-refractivity contribution is 5.95. The second-order valence-electron chi connectivity index (χ2n) is 5.30. The molecular formula is C16H13F3N4O2. The Balaban J connectivity index is 1.66. The number of carbonyl (C=O) groups is 1. The van der Waals surface area contributed by atoms with Crippen molar-refractivity contribution in [3.8, 4) is 0 Å². The number of hydrogen-bond acceptors (Lipinski definition) is 3. The third kappa shape index (κ3) is 3.70. The van der Waals surface area contributed by atoms with E-state index in [0.717, 1.165) is 11.6 Å². The number of alkyl halides is 3. The van der Waals surface area contributed by atoms with Gasteiger partial charge in [0.05, 0.1) is 12.1 Å². The standard InChI is InChI=1S/C16H13F3N4O2/c17-16(18,19)13-4-5-14(24)23(21-13)8-6-20-15(25)11-9-12-3-1-2-7-22(12)10-11/h1-5,7,9-10H,6,8H2,(H,20,25). The highest BCUT2D eigenvalue weighted by Crippen LogP contribution is 2.26. The first-order valence-corrected chi connectivity index (χ1v) is 7.35. The number of nitrogens with one attached hydrogen (secondary N) is 1. The SMILES string of the molecule is O=C(NCCn1nc(C(F)(F)F)ccc1=O)c1cc2ccccn2c1. The molecule has 6 nitrogen and oxygen atoms in total. The van der Waals surface area contributed by atoms with Crippen molar-refractivity contribution in [1.82, 2.24) is 19.5 Å². The Bertz CT molecular complexity index is 942. The molecule has 0 spiro atoms. The number of nitrogens with zero attached hydrogens (tertiary/aromatic N) is 3. The quantitative estimate of drug-likeness (QED) is 0.782. The van der Waals surface area contributed by atoms with E-state index in [1.165, 1.54) is 0 Å². The fraction of sp³-hybridized carbons (Fsp3) is 0.188. The molecule has 0 atom stereocenters. The molecule has 0 saturated carbocycles. The van der Waals surface area contributed by atoms with Gasteiger partial charge in [0.2, 0.25) is 0 Å². The Hall–Kier alpha value is -3.10. The second kappa shape index (κ2) is 6.42. The van der Waals surface area contributed by atoms with Gasteiger partial charge in [-0.25, -0.2) is 4.68 Å². The van der Waals surface area contributed by atoms with Crippen LogP contribution in [-0.2, 0) is 12.7 Å². The minimum absolute atomic E-state index is 0.0285. The number of fused-ring (bicyclic) bond motifs is 1. The van der Waals surface area contributed by atoms with Crippen LogP contribution in [-0.4, -0.2) is 26.6 Å². The summed E-state index contributed by atoms with van der Waals surface area (Å²) in [5.74, 6) is -0.385. The van der Waals surface area contributed by atoms with Gasteiger partial charge in [-0.1, -0.05) is 6.07 Å². The molecule has 0 bridgehead atoms. The molecule has 3 heterocycles. The molecule has 0 fully saturated rings. The number of pyridine rings is 1. The van der Waals surface area contributed by atoms with Crippen molar-refractivity contribution in [1.29, 1.82) is 0 Å². The molecule has 0 radical (unpaired) electrons. The average molecular weight is 350 g/mol. The lowest BCUT2D eigenvalue weighted by molar-refractivity contribution is -0.142. The molecule has 0 unspecified atom stereocenters. The molecular weight excluding hydrogens is 337 g/mol. The van der Waals surface area contributed by atoms with Crippen LogP contribution in [0, 0.1) is 0 Å². The summed E-state index contributed by atoms with van der Waals surface area (Å²) in [6.45, 7) is -0.193. The molecule has 9 heteroatoms. The van der Waals surface area contributed by atoms with Gasteiger partial charge in [-0.05, 0) is 24.3 Å². The molecule has 0 aliphatic heterocycles. The minimum Gasteiger partial charge on any atom is -0.350 e. The van der Waals surface area contributed by atoms with Crippen molar-refractivity contribution in [2.75, 3.05) is 6.54 Å². The summed E-state index contributed by atoms with van der Waals surface area (Å²) in [6.07, 6.45) is -1.21. The van der Waals surface area contributed by atoms with Crippen molar-refractivity contribution in [3.05, 3.63) is 70.4 Å². The first-order valence-electron chi connectivity index (χ1n) is 7.35. The zero-order chi connectivity index (χ0) is 18.0. The summed E-state index contributed by atoms with van der Waals surface area (Å²) in [7, 11) is 0. The fourth-order valence-corrected chi connectivity index (χ4v) is 2.32. The predicted octanol–water partition coefficient (Wildman–Crippen LogP) is 1.94. The summed E-state index contributed by atoms with van der Waals surface area (Å²) >= 11 is 0. The molecule has 25 heavy (non-hydrogen) atoms. The Morgan fingerprint density at radius 2 is 2.00 bits per heavy atom. The number of halogens is 3. The second-order valence-corrected chi connectivity index (χ2v) is 5.30. The van der Waals surface area contributed by atoms with Gasteiger partial charge in [0, 0.05) is 30.5 Å². The van der Waals surface area contributed by atoms with Crippen molar-refractivity contribution < 1.29 is 18.0 Å². The van der Waals surface area contributed by atoms with Crippen molar-refractivity contribution >= 4 is 11.4 Å². The summed E-state index contributed by atoms with van der Waals surface area (Å²) in [5, 5.41) is 5.83. The van der Waals surface area contributed by atoms with E-state index in [4.69, 9.17) is 0 Å². The van der Waals surface area contributed by atoms with Crippen LogP contribution < -0.4 is 10.9 Å². The Morgan fingerprint density at radius 3 is 2.72 bits per heavy atom. The molecule has 0 saturated heterocycles. The molecule has 3 aromatic rings. The van der Waals surface area contributed by atoms with Gasteiger partial charge in [-0.15, -0.1) is 0 Å². The first-order chi connectivity index (χ1) is 11.8. The highest BCUT2D eigenvalue weighted by atomic mass is 19.4. The predicted molar refractivity (Wildman–Crippen MR) is 83.2 cm³/mol. The molecule has 3 rings (SSSR count). The van der Waals surface area contributed by atoms with Gasteiger partial charge >= 0.3 is 6.18 Å². The van der Waals surface area contributed by atoms with Crippen molar-refractivity contribution in [2.24, 2.45) is 0 Å². The van der Waals surface area contributed by atoms with E-state index in [9.17, 15) is 22.8 Å². The molecule has 1 N–H and O–H groups in total. The lowest BCUT2D eigenvalue weighted by atomic mass is 10.3. The number of carbonyl (C=O) groups excluding carboxylic acids is 1. The Labute approximate surface area is 139 Å². The maximum atomic E-state index is 12.6. The van der Waals surface area contributed by atoms with Crippen molar-refractivity contribution in [3.63, 3.8) is 0 Å². The van der Waals surface area contributed by atoms with Crippen LogP contribution in [0.25, 0.3) is 5.52 Å². The fourth-order valence-electron chi connectivity index (χ4n) is 2.32. The van der Waals surface area contributed by atoms with Gasteiger partial charge in [0.1, 0.15) is 0 Å². The van der Waals surface area contributed by atoms with E-state index in [2.05, 4.69) is 10.4 Å². The molecule has 130 valence electrons. The number of amides is 1. The summed E-state index contributed by atoms with van der Waals surface area (Å²) in [4.78, 5) is 23.7. The molecule has 0 aliphatic rings. The average Bonchev–Trinajstić information content (AvgIpc) is 2.99. The van der Waals surface area contributed by atoms with Crippen LogP contribution in [0.1, 0.15) is 16.1 Å². The van der Waals surface area contributed by atoms with E-state index < -0.39 is 17.4 Å².